The maximum absolute atomic E-state index is 12.7. The number of imidazole rings is 1. The van der Waals surface area contributed by atoms with Crippen LogP contribution < -0.4 is 5.32 Å². The third kappa shape index (κ3) is 4.14. The summed E-state index contributed by atoms with van der Waals surface area (Å²) >= 11 is 0. The Bertz CT molecular complexity index is 748. The lowest BCUT2D eigenvalue weighted by Gasteiger charge is -2.34. The topological polar surface area (TPSA) is 80.9 Å². The molecule has 8 heteroatoms. The third-order valence-electron chi connectivity index (χ3n) is 5.89. The summed E-state index contributed by atoms with van der Waals surface area (Å²) in [7, 11) is 2.02. The van der Waals surface area contributed by atoms with Crippen LogP contribution >= 0.6 is 0 Å². The van der Waals surface area contributed by atoms with Gasteiger partial charge in [-0.15, -0.1) is 10.2 Å². The average molecular weight is 371 g/mol. The molecule has 0 radical (unpaired) electrons. The van der Waals surface area contributed by atoms with E-state index in [4.69, 9.17) is 0 Å². The maximum Gasteiger partial charge on any atom is 0.317 e. The molecule has 2 amide bonds. The van der Waals surface area contributed by atoms with E-state index in [0.29, 0.717) is 12.6 Å². The molecule has 27 heavy (non-hydrogen) atoms. The molecule has 1 saturated heterocycles. The lowest BCUT2D eigenvalue weighted by molar-refractivity contribution is 0.171. The number of piperidine rings is 1. The van der Waals surface area contributed by atoms with Crippen molar-refractivity contribution in [2.24, 2.45) is 7.05 Å². The van der Waals surface area contributed by atoms with Crippen molar-refractivity contribution in [2.45, 2.75) is 63.5 Å². The summed E-state index contributed by atoms with van der Waals surface area (Å²) < 4.78 is 4.06. The summed E-state index contributed by atoms with van der Waals surface area (Å²) in [5, 5.41) is 12.1. The molecule has 2 aliphatic rings. The first-order valence-corrected chi connectivity index (χ1v) is 10.1. The number of hydrogen-bond acceptors (Lipinski definition) is 4. The number of carbonyl (C=O) groups excluding carboxylic acids is 1. The Morgan fingerprint density at radius 1 is 1.19 bits per heavy atom. The minimum atomic E-state index is 0.0902. The van der Waals surface area contributed by atoms with E-state index >= 15 is 0 Å². The molecular formula is C19H29N7O. The first kappa shape index (κ1) is 18.0. The minimum Gasteiger partial charge on any atom is -0.335 e. The molecule has 1 aliphatic heterocycles. The van der Waals surface area contributed by atoms with Crippen LogP contribution in [-0.2, 0) is 13.6 Å². The fourth-order valence-electron chi connectivity index (χ4n) is 4.30. The standard InChI is InChI=1S/C19H29N7O/c1-24-17(13-25-11-9-20-14-25)22-23-18(24)15-6-5-10-26(12-15)19(27)21-16-7-3-2-4-8-16/h9,11,14-16H,2-8,10,12-13H2,1H3,(H,21,27)/t15-/m0/s1. The molecule has 8 nitrogen and oxygen atoms in total. The number of rotatable bonds is 4. The normalized spacial score (nSPS) is 21.4. The van der Waals surface area contributed by atoms with Gasteiger partial charge in [-0.2, -0.15) is 0 Å². The van der Waals surface area contributed by atoms with Gasteiger partial charge in [-0.1, -0.05) is 19.3 Å². The second-order valence-electron chi connectivity index (χ2n) is 7.84. The van der Waals surface area contributed by atoms with Crippen LogP contribution in [0.25, 0.3) is 0 Å². The highest BCUT2D eigenvalue weighted by Crippen LogP contribution is 2.26. The fourth-order valence-corrected chi connectivity index (χ4v) is 4.30. The van der Waals surface area contributed by atoms with E-state index in [1.165, 1.54) is 19.3 Å². The smallest absolute Gasteiger partial charge is 0.317 e. The van der Waals surface area contributed by atoms with Crippen LogP contribution in [0.5, 0.6) is 0 Å². The molecule has 0 bridgehead atoms. The van der Waals surface area contributed by atoms with Crippen molar-refractivity contribution < 1.29 is 4.79 Å². The highest BCUT2D eigenvalue weighted by atomic mass is 16.2. The molecular weight excluding hydrogens is 342 g/mol. The van der Waals surface area contributed by atoms with E-state index in [0.717, 1.165) is 50.4 Å². The number of aromatic nitrogens is 5. The van der Waals surface area contributed by atoms with Crippen molar-refractivity contribution in [3.63, 3.8) is 0 Å². The van der Waals surface area contributed by atoms with E-state index in [9.17, 15) is 4.79 Å². The highest BCUT2D eigenvalue weighted by molar-refractivity contribution is 5.74. The molecule has 2 aromatic rings. The zero-order valence-corrected chi connectivity index (χ0v) is 16.0. The molecule has 0 aromatic carbocycles. The molecule has 146 valence electrons. The average Bonchev–Trinajstić information content (AvgIpc) is 3.33. The Hall–Kier alpha value is -2.38. The van der Waals surface area contributed by atoms with Crippen LogP contribution in [0.3, 0.4) is 0 Å². The number of nitrogens with zero attached hydrogens (tertiary/aromatic N) is 6. The van der Waals surface area contributed by atoms with Crippen molar-refractivity contribution in [1.29, 1.82) is 0 Å². The summed E-state index contributed by atoms with van der Waals surface area (Å²) in [4.78, 5) is 18.7. The molecule has 1 saturated carbocycles. The number of hydrogen-bond donors (Lipinski definition) is 1. The van der Waals surface area contributed by atoms with Gasteiger partial charge in [-0.3, -0.25) is 0 Å². The van der Waals surface area contributed by atoms with Gasteiger partial charge in [0.15, 0.2) is 5.82 Å². The van der Waals surface area contributed by atoms with E-state index < -0.39 is 0 Å². The van der Waals surface area contributed by atoms with Gasteiger partial charge in [0.2, 0.25) is 0 Å². The number of likely N-dealkylation sites (tertiary alicyclic amines) is 1. The van der Waals surface area contributed by atoms with Crippen molar-refractivity contribution in [3.05, 3.63) is 30.4 Å². The van der Waals surface area contributed by atoms with Crippen LogP contribution in [-0.4, -0.2) is 54.4 Å². The molecule has 1 aliphatic carbocycles. The van der Waals surface area contributed by atoms with Gasteiger partial charge in [0.05, 0.1) is 12.9 Å². The highest BCUT2D eigenvalue weighted by Gasteiger charge is 2.29. The van der Waals surface area contributed by atoms with Gasteiger partial charge >= 0.3 is 6.03 Å². The second kappa shape index (κ2) is 8.10. The molecule has 0 unspecified atom stereocenters. The van der Waals surface area contributed by atoms with Crippen molar-refractivity contribution in [3.8, 4) is 0 Å². The summed E-state index contributed by atoms with van der Waals surface area (Å²) in [6.45, 7) is 2.20. The maximum atomic E-state index is 12.7. The van der Waals surface area contributed by atoms with Crippen molar-refractivity contribution in [1.82, 2.24) is 34.5 Å². The Balaban J connectivity index is 1.39. The van der Waals surface area contributed by atoms with Gasteiger partial charge in [0.1, 0.15) is 5.82 Å². The monoisotopic (exact) mass is 371 g/mol. The summed E-state index contributed by atoms with van der Waals surface area (Å²) in [6.07, 6.45) is 13.5. The van der Waals surface area contributed by atoms with Gasteiger partial charge in [0.25, 0.3) is 0 Å². The Labute approximate surface area is 160 Å². The van der Waals surface area contributed by atoms with Gasteiger partial charge < -0.3 is 19.4 Å². The molecule has 4 rings (SSSR count). The van der Waals surface area contributed by atoms with Crippen LogP contribution in [0.4, 0.5) is 4.79 Å². The van der Waals surface area contributed by atoms with E-state index in [-0.39, 0.29) is 11.9 Å². The van der Waals surface area contributed by atoms with Crippen LogP contribution in [0.15, 0.2) is 18.7 Å². The van der Waals surface area contributed by atoms with Gasteiger partial charge in [0, 0.05) is 44.5 Å². The quantitative estimate of drug-likeness (QED) is 0.894. The largest absolute Gasteiger partial charge is 0.335 e. The summed E-state index contributed by atoms with van der Waals surface area (Å²) in [6, 6.07) is 0.440. The molecule has 1 atom stereocenters. The summed E-state index contributed by atoms with van der Waals surface area (Å²) in [5.41, 5.74) is 0. The molecule has 1 N–H and O–H groups in total. The second-order valence-corrected chi connectivity index (χ2v) is 7.84. The van der Waals surface area contributed by atoms with Gasteiger partial charge in [-0.25, -0.2) is 9.78 Å². The minimum absolute atomic E-state index is 0.0902. The number of carbonyl (C=O) groups is 1. The molecule has 2 aromatic heterocycles. The van der Waals surface area contributed by atoms with E-state index in [1.807, 2.05) is 22.7 Å². The third-order valence-corrected chi connectivity index (χ3v) is 5.89. The van der Waals surface area contributed by atoms with Crippen LogP contribution in [0.2, 0.25) is 0 Å². The molecule has 0 spiro atoms. The fraction of sp³-hybridized carbons (Fsp3) is 0.684. The van der Waals surface area contributed by atoms with E-state index in [2.05, 4.69) is 25.1 Å². The van der Waals surface area contributed by atoms with Crippen molar-refractivity contribution in [2.75, 3.05) is 13.1 Å². The zero-order valence-electron chi connectivity index (χ0n) is 16.0. The van der Waals surface area contributed by atoms with E-state index in [1.54, 1.807) is 12.5 Å². The number of urea groups is 1. The molecule has 3 heterocycles. The summed E-state index contributed by atoms with van der Waals surface area (Å²) in [5.74, 6) is 2.12. The first-order valence-electron chi connectivity index (χ1n) is 10.1. The van der Waals surface area contributed by atoms with Crippen LogP contribution in [0, 0.1) is 0 Å². The number of amides is 2. The predicted octanol–water partition coefficient (Wildman–Crippen LogP) is 2.28. The number of nitrogens with one attached hydrogen (secondary N) is 1. The van der Waals surface area contributed by atoms with Crippen LogP contribution in [0.1, 0.15) is 62.5 Å². The lowest BCUT2D eigenvalue weighted by Crippen LogP contribution is -2.48. The molecule has 2 fully saturated rings. The Kier molecular flexibility index (Phi) is 5.40. The Morgan fingerprint density at radius 2 is 2.04 bits per heavy atom. The predicted molar refractivity (Wildman–Crippen MR) is 101 cm³/mol. The SMILES string of the molecule is Cn1c(Cn2ccnc2)nnc1[C@H]1CCCN(C(=O)NC2CCCCC2)C1. The van der Waals surface area contributed by atoms with Crippen molar-refractivity contribution >= 4 is 6.03 Å². The zero-order chi connectivity index (χ0) is 18.6. The lowest BCUT2D eigenvalue weighted by atomic mass is 9.95. The van der Waals surface area contributed by atoms with Gasteiger partial charge in [-0.05, 0) is 25.7 Å². The Morgan fingerprint density at radius 3 is 2.81 bits per heavy atom. The first-order chi connectivity index (χ1) is 13.2.